The Labute approximate surface area is 151 Å². The first-order valence-electron chi connectivity index (χ1n) is 8.03. The summed E-state index contributed by atoms with van der Waals surface area (Å²) >= 11 is 4.16. The topological polar surface area (TPSA) is 0 Å². The second-order valence-electron chi connectivity index (χ2n) is 5.97. The van der Waals surface area contributed by atoms with Gasteiger partial charge < -0.3 is 0 Å². The van der Waals surface area contributed by atoms with Crippen LogP contribution in [0.5, 0.6) is 0 Å². The van der Waals surface area contributed by atoms with Crippen molar-refractivity contribution in [1.29, 1.82) is 0 Å². The van der Waals surface area contributed by atoms with Crippen molar-refractivity contribution in [3.05, 3.63) is 97.2 Å². The third-order valence-electron chi connectivity index (χ3n) is 4.64. The SMILES string of the molecule is C=C[Si](Br)(c1cccc2ccccc12)c1cccc2ccccc12. The standard InChI is InChI=1S/C22H17BrSi/c1-2-24(23,21-15-7-11-17-9-3-5-13-19(17)21)22-16-8-12-18-10-4-6-14-20(18)22/h2-16H,1H2. The number of hydrogen-bond donors (Lipinski definition) is 0. The van der Waals surface area contributed by atoms with Gasteiger partial charge in [0.2, 0.25) is 6.69 Å². The molecule has 4 aromatic carbocycles. The smallest absolute Gasteiger partial charge is 0.108 e. The predicted octanol–water partition coefficient (Wildman–Crippen LogP) is 5.17. The maximum Gasteiger partial charge on any atom is 0.215 e. The fourth-order valence-corrected chi connectivity index (χ4v) is 8.17. The summed E-state index contributed by atoms with van der Waals surface area (Å²) in [5, 5.41) is 7.86. The monoisotopic (exact) mass is 388 g/mol. The molecule has 24 heavy (non-hydrogen) atoms. The molecule has 0 unspecified atom stereocenters. The Bertz CT molecular complexity index is 962. The second-order valence-corrected chi connectivity index (χ2v) is 12.6. The van der Waals surface area contributed by atoms with E-state index in [2.05, 4.69) is 112 Å². The molecule has 0 amide bonds. The van der Waals surface area contributed by atoms with Crippen LogP contribution in [-0.2, 0) is 0 Å². The molecule has 0 saturated carbocycles. The zero-order valence-electron chi connectivity index (χ0n) is 13.2. The van der Waals surface area contributed by atoms with E-state index in [9.17, 15) is 0 Å². The van der Waals surface area contributed by atoms with Gasteiger partial charge in [-0.15, -0.1) is 21.9 Å². The minimum absolute atomic E-state index is 1.27. The Morgan fingerprint density at radius 2 is 1.04 bits per heavy atom. The van der Waals surface area contributed by atoms with Gasteiger partial charge in [0.05, 0.1) is 0 Å². The largest absolute Gasteiger partial charge is 0.215 e. The summed E-state index contributed by atoms with van der Waals surface area (Å²) in [5.41, 5.74) is 2.14. The summed E-state index contributed by atoms with van der Waals surface area (Å²) in [6.07, 6.45) is 0. The van der Waals surface area contributed by atoms with Crippen molar-refractivity contribution in [2.24, 2.45) is 0 Å². The summed E-state index contributed by atoms with van der Waals surface area (Å²) in [4.78, 5) is 0. The minimum Gasteiger partial charge on any atom is -0.108 e. The van der Waals surface area contributed by atoms with Crippen molar-refractivity contribution in [3.63, 3.8) is 0 Å². The van der Waals surface area contributed by atoms with Gasteiger partial charge in [0.25, 0.3) is 0 Å². The molecule has 2 heteroatoms. The van der Waals surface area contributed by atoms with Gasteiger partial charge in [-0.25, -0.2) is 0 Å². The lowest BCUT2D eigenvalue weighted by Gasteiger charge is -2.25. The van der Waals surface area contributed by atoms with E-state index in [-0.39, 0.29) is 0 Å². The van der Waals surface area contributed by atoms with Gasteiger partial charge in [0.1, 0.15) is 0 Å². The highest BCUT2D eigenvalue weighted by molar-refractivity contribution is 9.27. The van der Waals surface area contributed by atoms with Crippen LogP contribution in [0.4, 0.5) is 0 Å². The van der Waals surface area contributed by atoms with Crippen LogP contribution in [0.25, 0.3) is 21.5 Å². The molecule has 0 atom stereocenters. The van der Waals surface area contributed by atoms with Crippen molar-refractivity contribution in [2.45, 2.75) is 0 Å². The van der Waals surface area contributed by atoms with Gasteiger partial charge in [-0.05, 0) is 31.9 Å². The van der Waals surface area contributed by atoms with Crippen LogP contribution in [0.3, 0.4) is 0 Å². The molecular weight excluding hydrogens is 372 g/mol. The van der Waals surface area contributed by atoms with Crippen LogP contribution >= 0.6 is 15.3 Å². The summed E-state index contributed by atoms with van der Waals surface area (Å²) in [7, 11) is 0. The Morgan fingerprint density at radius 1 is 0.625 bits per heavy atom. The summed E-state index contributed by atoms with van der Waals surface area (Å²) in [6.45, 7) is 1.99. The average Bonchev–Trinajstić information content (AvgIpc) is 2.66. The van der Waals surface area contributed by atoms with E-state index in [1.807, 2.05) is 0 Å². The molecule has 4 rings (SSSR count). The summed E-state index contributed by atoms with van der Waals surface area (Å²) in [6, 6.07) is 30.3. The fourth-order valence-electron chi connectivity index (χ4n) is 3.45. The Hall–Kier alpha value is -2.16. The van der Waals surface area contributed by atoms with Gasteiger partial charge in [-0.2, -0.15) is 0 Å². The normalized spacial score (nSPS) is 11.7. The van der Waals surface area contributed by atoms with Gasteiger partial charge in [-0.3, -0.25) is 0 Å². The van der Waals surface area contributed by atoms with Crippen molar-refractivity contribution in [2.75, 3.05) is 0 Å². The molecule has 0 spiro atoms. The van der Waals surface area contributed by atoms with Crippen LogP contribution in [0.2, 0.25) is 0 Å². The number of rotatable bonds is 3. The Morgan fingerprint density at radius 3 is 1.50 bits per heavy atom. The van der Waals surface area contributed by atoms with Crippen molar-refractivity contribution < 1.29 is 0 Å². The fraction of sp³-hybridized carbons (Fsp3) is 0. The quantitative estimate of drug-likeness (QED) is 0.335. The van der Waals surface area contributed by atoms with Gasteiger partial charge in [-0.1, -0.05) is 90.6 Å². The number of fused-ring (bicyclic) bond motifs is 2. The first-order chi connectivity index (χ1) is 11.7. The van der Waals surface area contributed by atoms with E-state index < -0.39 is 6.69 Å². The maximum absolute atomic E-state index is 4.21. The van der Waals surface area contributed by atoms with E-state index in [1.54, 1.807) is 0 Å². The molecule has 0 nitrogen and oxygen atoms in total. The van der Waals surface area contributed by atoms with Gasteiger partial charge >= 0.3 is 0 Å². The number of halogens is 1. The molecule has 4 aromatic rings. The predicted molar refractivity (Wildman–Crippen MR) is 112 cm³/mol. The first-order valence-corrected chi connectivity index (χ1v) is 12.4. The lowest BCUT2D eigenvalue weighted by atomic mass is 10.1. The highest BCUT2D eigenvalue weighted by Crippen LogP contribution is 2.24. The molecule has 0 aliphatic rings. The molecule has 0 aromatic heterocycles. The molecular formula is C22H17BrSi. The van der Waals surface area contributed by atoms with Crippen molar-refractivity contribution >= 4 is 53.9 Å². The summed E-state index contributed by atoms with van der Waals surface area (Å²) in [5.74, 6) is 0. The van der Waals surface area contributed by atoms with E-state index in [1.165, 1.54) is 31.9 Å². The summed E-state index contributed by atoms with van der Waals surface area (Å²) < 4.78 is 0. The third kappa shape index (κ3) is 2.34. The highest BCUT2D eigenvalue weighted by Gasteiger charge is 2.34. The zero-order chi connectivity index (χ0) is 16.6. The molecule has 0 bridgehead atoms. The van der Waals surface area contributed by atoms with Crippen LogP contribution < -0.4 is 10.4 Å². The lowest BCUT2D eigenvalue weighted by molar-refractivity contribution is 1.76. The van der Waals surface area contributed by atoms with Crippen LogP contribution in [0.1, 0.15) is 0 Å². The molecule has 0 aliphatic heterocycles. The van der Waals surface area contributed by atoms with Crippen LogP contribution in [-0.4, -0.2) is 6.69 Å². The van der Waals surface area contributed by atoms with Crippen molar-refractivity contribution in [3.8, 4) is 0 Å². The third-order valence-corrected chi connectivity index (χ3v) is 11.2. The van der Waals surface area contributed by atoms with E-state index in [0.717, 1.165) is 0 Å². The maximum atomic E-state index is 4.21. The van der Waals surface area contributed by atoms with Crippen molar-refractivity contribution in [1.82, 2.24) is 0 Å². The van der Waals surface area contributed by atoms with Crippen LogP contribution in [0.15, 0.2) is 97.2 Å². The number of benzene rings is 4. The Kier molecular flexibility index (Phi) is 3.87. The molecule has 0 N–H and O–H groups in total. The molecule has 0 saturated heterocycles. The van der Waals surface area contributed by atoms with Crippen LogP contribution in [0, 0.1) is 0 Å². The molecule has 0 aliphatic carbocycles. The van der Waals surface area contributed by atoms with E-state index in [4.69, 9.17) is 0 Å². The van der Waals surface area contributed by atoms with E-state index in [0.29, 0.717) is 0 Å². The molecule has 0 radical (unpaired) electrons. The second kappa shape index (κ2) is 6.04. The zero-order valence-corrected chi connectivity index (χ0v) is 15.8. The molecule has 0 fully saturated rings. The average molecular weight is 389 g/mol. The Balaban J connectivity index is 2.07. The minimum atomic E-state index is -2.23. The highest BCUT2D eigenvalue weighted by atomic mass is 79.9. The lowest BCUT2D eigenvalue weighted by Crippen LogP contribution is -2.52. The first kappa shape index (κ1) is 15.4. The van der Waals surface area contributed by atoms with Gasteiger partial charge in [0, 0.05) is 0 Å². The number of hydrogen-bond acceptors (Lipinski definition) is 0. The van der Waals surface area contributed by atoms with E-state index >= 15 is 0 Å². The molecule has 0 heterocycles. The molecule has 116 valence electrons. The van der Waals surface area contributed by atoms with Gasteiger partial charge in [0.15, 0.2) is 0 Å².